The minimum atomic E-state index is 0.111. The Balaban J connectivity index is 1.97. The van der Waals surface area contributed by atoms with E-state index in [0.29, 0.717) is 5.92 Å². The third kappa shape index (κ3) is 2.41. The Hall–Kier alpha value is -1.30. The molecule has 0 saturated heterocycles. The summed E-state index contributed by atoms with van der Waals surface area (Å²) in [7, 11) is 0. The summed E-state index contributed by atoms with van der Waals surface area (Å²) >= 11 is 1.71. The number of aryl methyl sites for hydroxylation is 2. The van der Waals surface area contributed by atoms with Gasteiger partial charge in [0.1, 0.15) is 0 Å². The van der Waals surface area contributed by atoms with Crippen molar-refractivity contribution in [2.24, 2.45) is 5.84 Å². The van der Waals surface area contributed by atoms with E-state index in [-0.39, 0.29) is 6.04 Å². The lowest BCUT2D eigenvalue weighted by Gasteiger charge is -2.30. The molecule has 4 nitrogen and oxygen atoms in total. The number of hydrogen-bond acceptors (Lipinski definition) is 5. The number of hydrogen-bond donors (Lipinski definition) is 2. The molecule has 5 heteroatoms. The van der Waals surface area contributed by atoms with E-state index in [0.717, 1.165) is 17.8 Å². The van der Waals surface area contributed by atoms with Crippen LogP contribution in [0, 0.1) is 6.92 Å². The van der Waals surface area contributed by atoms with Crippen LogP contribution in [0.5, 0.6) is 0 Å². The maximum atomic E-state index is 5.80. The average Bonchev–Trinajstić information content (AvgIpc) is 2.86. The quantitative estimate of drug-likeness (QED) is 0.666. The maximum Gasteiger partial charge on any atom is 0.0897 e. The monoisotopic (exact) mass is 274 g/mol. The summed E-state index contributed by atoms with van der Waals surface area (Å²) < 4.78 is 0. The fourth-order valence-electron chi connectivity index (χ4n) is 2.89. The van der Waals surface area contributed by atoms with Crippen LogP contribution in [0.4, 0.5) is 0 Å². The summed E-state index contributed by atoms with van der Waals surface area (Å²) in [6.45, 7) is 2.02. The van der Waals surface area contributed by atoms with Gasteiger partial charge < -0.3 is 0 Å². The molecule has 0 saturated carbocycles. The van der Waals surface area contributed by atoms with Crippen LogP contribution in [0.2, 0.25) is 0 Å². The Labute approximate surface area is 117 Å². The van der Waals surface area contributed by atoms with Gasteiger partial charge in [0.2, 0.25) is 0 Å². The van der Waals surface area contributed by atoms with Crippen molar-refractivity contribution in [1.29, 1.82) is 0 Å². The van der Waals surface area contributed by atoms with Crippen LogP contribution in [-0.4, -0.2) is 9.97 Å². The zero-order valence-corrected chi connectivity index (χ0v) is 11.8. The van der Waals surface area contributed by atoms with Crippen LogP contribution >= 0.6 is 11.3 Å². The average molecular weight is 274 g/mol. The first-order valence-electron chi connectivity index (χ1n) is 6.62. The highest BCUT2D eigenvalue weighted by atomic mass is 32.1. The van der Waals surface area contributed by atoms with Crippen LogP contribution in [-0.2, 0) is 6.42 Å². The lowest BCUT2D eigenvalue weighted by Crippen LogP contribution is -2.34. The lowest BCUT2D eigenvalue weighted by molar-refractivity contribution is 0.404. The highest BCUT2D eigenvalue weighted by Crippen LogP contribution is 2.40. The molecule has 3 rings (SSSR count). The molecule has 2 aromatic heterocycles. The predicted octanol–water partition coefficient (Wildman–Crippen LogP) is 2.47. The predicted molar refractivity (Wildman–Crippen MR) is 76.8 cm³/mol. The van der Waals surface area contributed by atoms with Crippen molar-refractivity contribution in [2.45, 2.75) is 38.1 Å². The number of nitrogens with zero attached hydrogens (tertiary/aromatic N) is 2. The zero-order valence-electron chi connectivity index (χ0n) is 11.0. The van der Waals surface area contributed by atoms with Crippen LogP contribution in [0.1, 0.15) is 45.9 Å². The van der Waals surface area contributed by atoms with Gasteiger partial charge in [-0.15, -0.1) is 11.3 Å². The van der Waals surface area contributed by atoms with Gasteiger partial charge in [-0.2, -0.15) is 0 Å². The number of nitrogens with two attached hydrogens (primary N) is 1. The molecule has 3 N–H and O–H groups in total. The standard InChI is InChI=1S/C14H18N4S/c1-9-17-8-12(19-9)14(18-15)11-6-2-4-10-5-3-7-16-13(10)11/h3,5,7-8,11,14,18H,2,4,6,15H2,1H3. The molecule has 0 radical (unpaired) electrons. The van der Waals surface area contributed by atoms with E-state index >= 15 is 0 Å². The molecule has 2 aromatic rings. The largest absolute Gasteiger partial charge is 0.271 e. The van der Waals surface area contributed by atoms with Gasteiger partial charge in [0.15, 0.2) is 0 Å². The molecular formula is C14H18N4S. The van der Waals surface area contributed by atoms with E-state index in [2.05, 4.69) is 21.5 Å². The molecule has 100 valence electrons. The zero-order chi connectivity index (χ0) is 13.2. The van der Waals surface area contributed by atoms with E-state index in [1.165, 1.54) is 22.6 Å². The van der Waals surface area contributed by atoms with Crippen molar-refractivity contribution in [1.82, 2.24) is 15.4 Å². The highest BCUT2D eigenvalue weighted by Gasteiger charge is 2.30. The highest BCUT2D eigenvalue weighted by molar-refractivity contribution is 7.11. The molecule has 1 aliphatic carbocycles. The number of fused-ring (bicyclic) bond motifs is 1. The third-order valence-corrected chi connectivity index (χ3v) is 4.76. The molecule has 1 aliphatic rings. The number of pyridine rings is 1. The molecule has 0 aromatic carbocycles. The van der Waals surface area contributed by atoms with Crippen molar-refractivity contribution < 1.29 is 0 Å². The second-order valence-electron chi connectivity index (χ2n) is 4.97. The minimum Gasteiger partial charge on any atom is -0.271 e. The van der Waals surface area contributed by atoms with Crippen LogP contribution in [0.3, 0.4) is 0 Å². The Kier molecular flexibility index (Phi) is 3.59. The van der Waals surface area contributed by atoms with E-state index < -0.39 is 0 Å². The van der Waals surface area contributed by atoms with Crippen molar-refractivity contribution in [2.75, 3.05) is 0 Å². The number of aromatic nitrogens is 2. The SMILES string of the molecule is Cc1ncc(C(NN)C2CCCc3cccnc32)s1. The molecule has 2 atom stereocenters. The van der Waals surface area contributed by atoms with E-state index in [1.54, 1.807) is 11.3 Å². The topological polar surface area (TPSA) is 63.8 Å². The molecule has 0 fully saturated rings. The van der Waals surface area contributed by atoms with Crippen molar-refractivity contribution in [3.05, 3.63) is 45.7 Å². The van der Waals surface area contributed by atoms with Gasteiger partial charge in [-0.3, -0.25) is 16.3 Å². The molecular weight excluding hydrogens is 256 g/mol. The number of nitrogens with one attached hydrogen (secondary N) is 1. The summed E-state index contributed by atoms with van der Waals surface area (Å²) in [5.74, 6) is 6.15. The van der Waals surface area contributed by atoms with Crippen LogP contribution in [0.15, 0.2) is 24.5 Å². The number of thiazole rings is 1. The summed E-state index contributed by atoms with van der Waals surface area (Å²) in [6, 6.07) is 4.31. The number of hydrazine groups is 1. The maximum absolute atomic E-state index is 5.80. The molecule has 0 aliphatic heterocycles. The normalized spacial score (nSPS) is 20.0. The van der Waals surface area contributed by atoms with Gasteiger partial charge in [-0.05, 0) is 37.8 Å². The smallest absolute Gasteiger partial charge is 0.0897 e. The Morgan fingerprint density at radius 1 is 1.47 bits per heavy atom. The second-order valence-corrected chi connectivity index (χ2v) is 6.24. The van der Waals surface area contributed by atoms with E-state index in [4.69, 9.17) is 5.84 Å². The van der Waals surface area contributed by atoms with Gasteiger partial charge in [0.25, 0.3) is 0 Å². The van der Waals surface area contributed by atoms with E-state index in [9.17, 15) is 0 Å². The molecule has 0 amide bonds. The van der Waals surface area contributed by atoms with Gasteiger partial charge in [-0.25, -0.2) is 4.98 Å². The number of rotatable bonds is 3. The summed E-state index contributed by atoms with van der Waals surface area (Å²) in [6.07, 6.45) is 7.25. The summed E-state index contributed by atoms with van der Waals surface area (Å²) in [5, 5.41) is 1.08. The Bertz CT molecular complexity index is 566. The molecule has 0 bridgehead atoms. The van der Waals surface area contributed by atoms with Crippen LogP contribution < -0.4 is 11.3 Å². The van der Waals surface area contributed by atoms with Gasteiger partial charge in [0.05, 0.1) is 11.0 Å². The van der Waals surface area contributed by atoms with Crippen molar-refractivity contribution in [3.8, 4) is 0 Å². The summed E-state index contributed by atoms with van der Waals surface area (Å²) in [5.41, 5.74) is 5.53. The first-order valence-corrected chi connectivity index (χ1v) is 7.43. The Morgan fingerprint density at radius 2 is 2.37 bits per heavy atom. The lowest BCUT2D eigenvalue weighted by atomic mass is 9.82. The third-order valence-electron chi connectivity index (χ3n) is 3.77. The second kappa shape index (κ2) is 5.36. The molecule has 19 heavy (non-hydrogen) atoms. The van der Waals surface area contributed by atoms with Crippen LogP contribution in [0.25, 0.3) is 0 Å². The van der Waals surface area contributed by atoms with Gasteiger partial charge in [0, 0.05) is 28.9 Å². The van der Waals surface area contributed by atoms with Crippen molar-refractivity contribution in [3.63, 3.8) is 0 Å². The first kappa shape index (κ1) is 12.7. The first-order chi connectivity index (χ1) is 9.29. The fourth-order valence-corrected chi connectivity index (χ4v) is 3.80. The van der Waals surface area contributed by atoms with Crippen molar-refractivity contribution >= 4 is 11.3 Å². The minimum absolute atomic E-state index is 0.111. The van der Waals surface area contributed by atoms with Gasteiger partial charge >= 0.3 is 0 Å². The Morgan fingerprint density at radius 3 is 3.11 bits per heavy atom. The molecule has 2 unspecified atom stereocenters. The fraction of sp³-hybridized carbons (Fsp3) is 0.429. The molecule has 2 heterocycles. The summed E-state index contributed by atoms with van der Waals surface area (Å²) in [4.78, 5) is 10.1. The van der Waals surface area contributed by atoms with E-state index in [1.807, 2.05) is 25.4 Å². The van der Waals surface area contributed by atoms with Gasteiger partial charge in [-0.1, -0.05) is 6.07 Å². The molecule has 0 spiro atoms.